The second kappa shape index (κ2) is 7.72. The smallest absolute Gasteiger partial charge is 0.355 e. The van der Waals surface area contributed by atoms with Crippen molar-refractivity contribution in [2.45, 2.75) is 6.61 Å². The molecule has 26 heavy (non-hydrogen) atoms. The van der Waals surface area contributed by atoms with Crippen molar-refractivity contribution in [3.8, 4) is 22.1 Å². The number of benzene rings is 2. The molecule has 0 unspecified atom stereocenters. The summed E-state index contributed by atoms with van der Waals surface area (Å²) in [5.41, 5.74) is 0.710. The molecule has 2 aromatic carbocycles. The molecule has 0 aliphatic rings. The number of halogens is 2. The molecule has 3 rings (SSSR count). The lowest BCUT2D eigenvalue weighted by atomic mass is 10.2. The van der Waals surface area contributed by atoms with Crippen LogP contribution in [0.15, 0.2) is 41.8 Å². The second-order valence-electron chi connectivity index (χ2n) is 5.17. The number of nitrogens with zero attached hydrogens (tertiary/aromatic N) is 1. The lowest BCUT2D eigenvalue weighted by molar-refractivity contribution is 0.0691. The van der Waals surface area contributed by atoms with Gasteiger partial charge in [0, 0.05) is 10.9 Å². The standard InChI is InChI=1S/C18H13ClFNO4S/c1-24-15-7-2-4-10(17-21-14(9-26-17)18(22)23)16(15)25-8-11-12(19)5-3-6-13(11)20/h2-7,9H,8H2,1H3,(H,22,23). The van der Waals surface area contributed by atoms with Gasteiger partial charge in [0.05, 0.1) is 17.7 Å². The van der Waals surface area contributed by atoms with Crippen LogP contribution in [0, 0.1) is 5.82 Å². The molecule has 0 amide bonds. The van der Waals surface area contributed by atoms with Gasteiger partial charge in [-0.15, -0.1) is 11.3 Å². The molecule has 1 heterocycles. The third-order valence-electron chi connectivity index (χ3n) is 3.58. The van der Waals surface area contributed by atoms with E-state index in [2.05, 4.69) is 4.98 Å². The largest absolute Gasteiger partial charge is 0.493 e. The molecular formula is C18H13ClFNO4S. The van der Waals surface area contributed by atoms with Crippen molar-refractivity contribution in [2.75, 3.05) is 7.11 Å². The zero-order valence-corrected chi connectivity index (χ0v) is 15.1. The number of para-hydroxylation sites is 1. The topological polar surface area (TPSA) is 68.7 Å². The van der Waals surface area contributed by atoms with E-state index in [9.17, 15) is 9.18 Å². The van der Waals surface area contributed by atoms with Gasteiger partial charge in [-0.2, -0.15) is 0 Å². The number of hydrogen-bond donors (Lipinski definition) is 1. The summed E-state index contributed by atoms with van der Waals surface area (Å²) in [5.74, 6) is -0.838. The van der Waals surface area contributed by atoms with E-state index in [1.54, 1.807) is 24.3 Å². The van der Waals surface area contributed by atoms with Crippen LogP contribution in [0.4, 0.5) is 4.39 Å². The molecule has 0 bridgehead atoms. The number of aromatic nitrogens is 1. The lowest BCUT2D eigenvalue weighted by Crippen LogP contribution is -2.02. The zero-order chi connectivity index (χ0) is 18.7. The van der Waals surface area contributed by atoms with Gasteiger partial charge < -0.3 is 14.6 Å². The molecule has 0 saturated heterocycles. The number of aromatic carboxylic acids is 1. The maximum Gasteiger partial charge on any atom is 0.355 e. The molecule has 0 saturated carbocycles. The monoisotopic (exact) mass is 393 g/mol. The van der Waals surface area contributed by atoms with Crippen molar-refractivity contribution in [3.63, 3.8) is 0 Å². The summed E-state index contributed by atoms with van der Waals surface area (Å²) in [7, 11) is 1.48. The quantitative estimate of drug-likeness (QED) is 0.645. The van der Waals surface area contributed by atoms with E-state index < -0.39 is 11.8 Å². The van der Waals surface area contributed by atoms with Gasteiger partial charge in [0.25, 0.3) is 0 Å². The van der Waals surface area contributed by atoms with E-state index in [4.69, 9.17) is 26.2 Å². The van der Waals surface area contributed by atoms with Crippen LogP contribution >= 0.6 is 22.9 Å². The summed E-state index contributed by atoms with van der Waals surface area (Å²) in [6.07, 6.45) is 0. The van der Waals surface area contributed by atoms with Crippen molar-refractivity contribution >= 4 is 28.9 Å². The second-order valence-corrected chi connectivity index (χ2v) is 6.43. The molecule has 0 aliphatic heterocycles. The van der Waals surface area contributed by atoms with Crippen LogP contribution in [0.25, 0.3) is 10.6 Å². The normalized spacial score (nSPS) is 10.6. The zero-order valence-electron chi connectivity index (χ0n) is 13.5. The van der Waals surface area contributed by atoms with Crippen LogP contribution in [-0.2, 0) is 6.61 Å². The van der Waals surface area contributed by atoms with Crippen LogP contribution < -0.4 is 9.47 Å². The fourth-order valence-corrected chi connectivity index (χ4v) is 3.34. The molecule has 5 nitrogen and oxygen atoms in total. The number of methoxy groups -OCH3 is 1. The van der Waals surface area contributed by atoms with E-state index >= 15 is 0 Å². The number of hydrogen-bond acceptors (Lipinski definition) is 5. The van der Waals surface area contributed by atoms with Crippen molar-refractivity contribution < 1.29 is 23.8 Å². The summed E-state index contributed by atoms with van der Waals surface area (Å²) in [6.45, 7) is -0.115. The van der Waals surface area contributed by atoms with Gasteiger partial charge in [-0.05, 0) is 24.3 Å². The number of thiazole rings is 1. The number of ether oxygens (including phenoxy) is 2. The summed E-state index contributed by atoms with van der Waals surface area (Å²) < 4.78 is 25.1. The first kappa shape index (κ1) is 18.2. The predicted molar refractivity (Wildman–Crippen MR) is 96.8 cm³/mol. The van der Waals surface area contributed by atoms with Crippen LogP contribution in [-0.4, -0.2) is 23.2 Å². The van der Waals surface area contributed by atoms with Crippen LogP contribution in [0.3, 0.4) is 0 Å². The number of rotatable bonds is 6. The van der Waals surface area contributed by atoms with Gasteiger partial charge in [-0.1, -0.05) is 23.7 Å². The first-order chi connectivity index (χ1) is 12.5. The summed E-state index contributed by atoms with van der Waals surface area (Å²) in [5, 5.41) is 11.2. The van der Waals surface area contributed by atoms with Gasteiger partial charge in [0.15, 0.2) is 17.2 Å². The lowest BCUT2D eigenvalue weighted by Gasteiger charge is -2.15. The van der Waals surface area contributed by atoms with E-state index in [-0.39, 0.29) is 22.9 Å². The average Bonchev–Trinajstić information content (AvgIpc) is 3.11. The maximum atomic E-state index is 14.0. The first-order valence-corrected chi connectivity index (χ1v) is 8.69. The summed E-state index contributed by atoms with van der Waals surface area (Å²) >= 11 is 7.20. The molecule has 0 fully saturated rings. The average molecular weight is 394 g/mol. The van der Waals surface area contributed by atoms with Crippen molar-refractivity contribution in [2.24, 2.45) is 0 Å². The molecule has 8 heteroatoms. The van der Waals surface area contributed by atoms with E-state index in [1.807, 2.05) is 0 Å². The molecule has 0 atom stereocenters. The summed E-state index contributed by atoms with van der Waals surface area (Å²) in [6, 6.07) is 9.54. The minimum Gasteiger partial charge on any atom is -0.493 e. The highest BCUT2D eigenvalue weighted by atomic mass is 35.5. The van der Waals surface area contributed by atoms with E-state index in [0.717, 1.165) is 11.3 Å². The Bertz CT molecular complexity index is 940. The number of carbonyl (C=O) groups is 1. The maximum absolute atomic E-state index is 14.0. The fourth-order valence-electron chi connectivity index (χ4n) is 2.30. The molecule has 3 aromatic rings. The number of carboxylic acid groups (broad SMARTS) is 1. The molecule has 0 aliphatic carbocycles. The Kier molecular flexibility index (Phi) is 5.39. The molecular weight excluding hydrogens is 381 g/mol. The Balaban J connectivity index is 1.98. The molecule has 1 aromatic heterocycles. The highest BCUT2D eigenvalue weighted by Crippen LogP contribution is 2.40. The van der Waals surface area contributed by atoms with Crippen LogP contribution in [0.1, 0.15) is 16.1 Å². The summed E-state index contributed by atoms with van der Waals surface area (Å²) in [4.78, 5) is 15.2. The molecule has 1 N–H and O–H groups in total. The third-order valence-corrected chi connectivity index (χ3v) is 4.80. The molecule has 0 radical (unpaired) electrons. The van der Waals surface area contributed by atoms with Crippen molar-refractivity contribution in [1.29, 1.82) is 0 Å². The molecule has 134 valence electrons. The van der Waals surface area contributed by atoms with Gasteiger partial charge in [-0.3, -0.25) is 0 Å². The van der Waals surface area contributed by atoms with Gasteiger partial charge in [-0.25, -0.2) is 14.2 Å². The van der Waals surface area contributed by atoms with Crippen LogP contribution in [0.2, 0.25) is 5.02 Å². The Morgan fingerprint density at radius 1 is 1.31 bits per heavy atom. The Morgan fingerprint density at radius 2 is 2.08 bits per heavy atom. The highest BCUT2D eigenvalue weighted by Gasteiger charge is 2.18. The Hall–Kier alpha value is -2.64. The van der Waals surface area contributed by atoms with Crippen molar-refractivity contribution in [3.05, 3.63) is 63.9 Å². The Morgan fingerprint density at radius 3 is 2.73 bits per heavy atom. The van der Waals surface area contributed by atoms with Gasteiger partial charge in [0.2, 0.25) is 0 Å². The highest BCUT2D eigenvalue weighted by molar-refractivity contribution is 7.13. The predicted octanol–water partition coefficient (Wildman–Crippen LogP) is 4.89. The van der Waals surface area contributed by atoms with Crippen LogP contribution in [0.5, 0.6) is 11.5 Å². The van der Waals surface area contributed by atoms with Gasteiger partial charge >= 0.3 is 5.97 Å². The minimum absolute atomic E-state index is 0.0593. The fraction of sp³-hybridized carbons (Fsp3) is 0.111. The SMILES string of the molecule is COc1cccc(-c2nc(C(=O)O)cs2)c1OCc1c(F)cccc1Cl. The van der Waals surface area contributed by atoms with E-state index in [1.165, 1.54) is 24.6 Å². The number of carboxylic acids is 1. The van der Waals surface area contributed by atoms with E-state index in [0.29, 0.717) is 22.1 Å². The first-order valence-electron chi connectivity index (χ1n) is 7.43. The minimum atomic E-state index is -1.11. The van der Waals surface area contributed by atoms with Crippen molar-refractivity contribution in [1.82, 2.24) is 4.98 Å². The Labute approximate surface area is 157 Å². The third kappa shape index (κ3) is 3.63. The molecule has 0 spiro atoms. The van der Waals surface area contributed by atoms with Gasteiger partial charge in [0.1, 0.15) is 17.4 Å².